The zero-order valence-corrected chi connectivity index (χ0v) is 20.1. The summed E-state index contributed by atoms with van der Waals surface area (Å²) in [7, 11) is 0. The van der Waals surface area contributed by atoms with E-state index in [-0.39, 0.29) is 24.8 Å². The average Bonchev–Trinajstić information content (AvgIpc) is 3.20. The van der Waals surface area contributed by atoms with Crippen molar-refractivity contribution in [2.45, 2.75) is 78.6 Å². The molecule has 139 valence electrons. The van der Waals surface area contributed by atoms with Crippen molar-refractivity contribution in [2.75, 3.05) is 0 Å². The third-order valence-electron chi connectivity index (χ3n) is 5.74. The summed E-state index contributed by atoms with van der Waals surface area (Å²) in [6.45, 7) is 7.16. The summed E-state index contributed by atoms with van der Waals surface area (Å²) < 4.78 is 3.96. The summed E-state index contributed by atoms with van der Waals surface area (Å²) in [6.07, 6.45) is 19.3. The molecule has 0 aliphatic heterocycles. The van der Waals surface area contributed by atoms with Crippen LogP contribution < -0.4 is 0 Å². The Kier molecular flexibility index (Phi) is 10.5. The molecule has 25 heavy (non-hydrogen) atoms. The van der Waals surface area contributed by atoms with Crippen molar-refractivity contribution in [3.05, 3.63) is 43.8 Å². The second-order valence-corrected chi connectivity index (χ2v) is 10.7. The minimum Gasteiger partial charge on any atom is -0.147 e. The van der Waals surface area contributed by atoms with Crippen molar-refractivity contribution < 1.29 is 22.8 Å². The molecule has 0 heterocycles. The van der Waals surface area contributed by atoms with E-state index in [0.29, 0.717) is 5.92 Å². The van der Waals surface area contributed by atoms with Gasteiger partial charge in [0.25, 0.3) is 0 Å². The van der Waals surface area contributed by atoms with Gasteiger partial charge < -0.3 is 0 Å². The van der Waals surface area contributed by atoms with Crippen molar-refractivity contribution in [1.82, 2.24) is 0 Å². The first kappa shape index (κ1) is 23.3. The minimum absolute atomic E-state index is 0. The summed E-state index contributed by atoms with van der Waals surface area (Å²) in [5.74, 6) is 0.709. The standard InChI is InChI=1S/C16H21.C6H10.2ClH.Zr/c1-4-12-11-16(13-9-7-8-10-13)15(6-3)14(12)5-2;1-2-4-6-5-3-1;;;/h7-9,16H,4-6,10H2,1-3H3;1-5H2;2*1H;. The summed E-state index contributed by atoms with van der Waals surface area (Å²) in [4.78, 5) is 0. The van der Waals surface area contributed by atoms with Gasteiger partial charge >= 0.3 is 154 Å². The van der Waals surface area contributed by atoms with E-state index < -0.39 is 22.8 Å². The second-order valence-electron chi connectivity index (χ2n) is 7.05. The first-order valence-electron chi connectivity index (χ1n) is 9.72. The molecule has 0 N–H and O–H groups in total. The quantitative estimate of drug-likeness (QED) is 0.403. The van der Waals surface area contributed by atoms with E-state index in [1.807, 2.05) is 6.49 Å². The largest absolute Gasteiger partial charge is 0.147 e. The van der Waals surface area contributed by atoms with Gasteiger partial charge in [0.1, 0.15) is 0 Å². The average molecular weight is 460 g/mol. The van der Waals surface area contributed by atoms with Crippen LogP contribution in [0.3, 0.4) is 0 Å². The van der Waals surface area contributed by atoms with Crippen LogP contribution in [0.4, 0.5) is 0 Å². The predicted molar refractivity (Wildman–Crippen MR) is 113 cm³/mol. The van der Waals surface area contributed by atoms with Gasteiger partial charge in [0.15, 0.2) is 0 Å². The van der Waals surface area contributed by atoms with E-state index in [1.165, 1.54) is 57.8 Å². The normalized spacial score (nSPS) is 22.6. The molecule has 0 aromatic rings. The van der Waals surface area contributed by atoms with Crippen molar-refractivity contribution in [1.29, 1.82) is 0 Å². The molecular weight excluding hydrogens is 426 g/mol. The molecule has 3 aliphatic carbocycles. The van der Waals surface area contributed by atoms with Crippen molar-refractivity contribution in [2.24, 2.45) is 5.92 Å². The fraction of sp³-hybridized carbons (Fsp3) is 0.591. The van der Waals surface area contributed by atoms with Gasteiger partial charge in [-0.1, -0.05) is 0 Å². The molecule has 1 atom stereocenters. The molecule has 0 aromatic heterocycles. The van der Waals surface area contributed by atoms with Gasteiger partial charge in [-0.3, -0.25) is 0 Å². The van der Waals surface area contributed by atoms with E-state index in [4.69, 9.17) is 0 Å². The van der Waals surface area contributed by atoms with Crippen LogP contribution in [0.15, 0.2) is 43.8 Å². The predicted octanol–water partition coefficient (Wildman–Crippen LogP) is 7.35. The van der Waals surface area contributed by atoms with E-state index in [9.17, 15) is 0 Å². The SMILES string of the molecule is CCC1=C(CC)C(C2=CC=CC2)[C]([Zr]=[C]2CCCCC2)=C1CC.Cl.Cl. The van der Waals surface area contributed by atoms with Crippen LogP contribution in [0, 0.1) is 5.92 Å². The molecule has 0 saturated heterocycles. The molecule has 3 aliphatic rings. The molecule has 0 amide bonds. The maximum atomic E-state index is 2.43. The van der Waals surface area contributed by atoms with Crippen LogP contribution >= 0.6 is 24.8 Å². The Morgan fingerprint density at radius 1 is 0.920 bits per heavy atom. The number of halogens is 2. The number of hydrogen-bond acceptors (Lipinski definition) is 0. The molecule has 3 heteroatoms. The minimum atomic E-state index is -0.526. The van der Waals surface area contributed by atoms with E-state index in [0.717, 1.165) is 0 Å². The third-order valence-corrected chi connectivity index (χ3v) is 9.95. The van der Waals surface area contributed by atoms with Gasteiger partial charge in [-0.15, -0.1) is 24.8 Å². The van der Waals surface area contributed by atoms with E-state index in [2.05, 4.69) is 39.0 Å². The number of rotatable bonds is 5. The van der Waals surface area contributed by atoms with Crippen molar-refractivity contribution in [3.8, 4) is 0 Å². The maximum absolute atomic E-state index is 2.43. The van der Waals surface area contributed by atoms with Crippen LogP contribution in [-0.4, -0.2) is 3.21 Å². The molecular formula is C22H33Cl2Zr. The van der Waals surface area contributed by atoms with Gasteiger partial charge in [-0.2, -0.15) is 0 Å². The molecule has 1 unspecified atom stereocenters. The molecule has 0 spiro atoms. The molecule has 0 aromatic carbocycles. The van der Waals surface area contributed by atoms with Gasteiger partial charge in [-0.05, 0) is 0 Å². The molecule has 3 rings (SSSR count). The zero-order chi connectivity index (χ0) is 16.2. The van der Waals surface area contributed by atoms with Crippen molar-refractivity contribution in [3.63, 3.8) is 0 Å². The van der Waals surface area contributed by atoms with E-state index in [1.54, 1.807) is 22.3 Å². The molecule has 1 saturated carbocycles. The van der Waals surface area contributed by atoms with Gasteiger partial charge in [0, 0.05) is 0 Å². The second kappa shape index (κ2) is 11.2. The van der Waals surface area contributed by atoms with Crippen LogP contribution in [0.1, 0.15) is 78.6 Å². The van der Waals surface area contributed by atoms with E-state index >= 15 is 0 Å². The first-order valence-corrected chi connectivity index (χ1v) is 12.2. The third kappa shape index (κ3) is 4.97. The Morgan fingerprint density at radius 2 is 1.60 bits per heavy atom. The Balaban J connectivity index is 0.00000156. The summed E-state index contributed by atoms with van der Waals surface area (Å²) in [5, 5.41) is 0. The number of hydrogen-bond donors (Lipinski definition) is 0. The van der Waals surface area contributed by atoms with Crippen LogP contribution in [0.2, 0.25) is 0 Å². The van der Waals surface area contributed by atoms with Gasteiger partial charge in [0.2, 0.25) is 0 Å². The summed E-state index contributed by atoms with van der Waals surface area (Å²) in [6, 6.07) is 0. The molecule has 0 nitrogen and oxygen atoms in total. The molecule has 0 radical (unpaired) electrons. The first-order chi connectivity index (χ1) is 11.3. The topological polar surface area (TPSA) is 0 Å². The smallest absolute Gasteiger partial charge is 0.147 e. The maximum Gasteiger partial charge on any atom is -0.147 e. The van der Waals surface area contributed by atoms with Gasteiger partial charge in [-0.25, -0.2) is 0 Å². The monoisotopic (exact) mass is 457 g/mol. The molecule has 1 fully saturated rings. The Bertz CT molecular complexity index is 612. The van der Waals surface area contributed by atoms with Crippen molar-refractivity contribution >= 4 is 28.0 Å². The zero-order valence-electron chi connectivity index (χ0n) is 16.0. The van der Waals surface area contributed by atoms with Gasteiger partial charge in [0.05, 0.1) is 0 Å². The van der Waals surface area contributed by atoms with Crippen LogP contribution in [0.25, 0.3) is 0 Å². The van der Waals surface area contributed by atoms with Crippen LogP contribution in [-0.2, 0) is 22.8 Å². The summed E-state index contributed by atoms with van der Waals surface area (Å²) in [5.41, 5.74) is 7.03. The van der Waals surface area contributed by atoms with Crippen LogP contribution in [0.5, 0.6) is 0 Å². The fourth-order valence-corrected chi connectivity index (χ4v) is 9.50. The summed E-state index contributed by atoms with van der Waals surface area (Å²) >= 11 is -0.526. The Hall–Kier alpha value is 0.293. The Morgan fingerprint density at radius 3 is 2.12 bits per heavy atom. The Labute approximate surface area is 178 Å². The number of allylic oxidation sites excluding steroid dienone is 8. The fourth-order valence-electron chi connectivity index (χ4n) is 4.67. The molecule has 0 bridgehead atoms.